The minimum atomic E-state index is -1.37. The van der Waals surface area contributed by atoms with E-state index in [0.29, 0.717) is 29.8 Å². The van der Waals surface area contributed by atoms with Crippen molar-refractivity contribution in [3.63, 3.8) is 0 Å². The molecule has 1 aromatic carbocycles. The van der Waals surface area contributed by atoms with E-state index in [1.54, 1.807) is 32.0 Å². The number of carboxylic acid groups (broad SMARTS) is 1. The molecular weight excluding hydrogens is 440 g/mol. The van der Waals surface area contributed by atoms with Crippen molar-refractivity contribution >= 4 is 17.0 Å². The number of aromatic carboxylic acids is 1. The molecule has 2 aromatic rings. The SMILES string of the molecule is CC(C)(O)C#Cc1cccc(-c2nc(C(=O)O)cc3c2[C@H](CCO)N(S(=O)C(C)(C)C)C3)c1. The van der Waals surface area contributed by atoms with E-state index in [0.717, 1.165) is 11.1 Å². The maximum Gasteiger partial charge on any atom is 0.354 e. The van der Waals surface area contributed by atoms with Gasteiger partial charge < -0.3 is 15.3 Å². The fourth-order valence-corrected chi connectivity index (χ4v) is 5.17. The molecule has 1 aromatic heterocycles. The molecule has 3 rings (SSSR count). The first kappa shape index (κ1) is 25.1. The van der Waals surface area contributed by atoms with Gasteiger partial charge in [0.2, 0.25) is 0 Å². The Morgan fingerprint density at radius 2 is 1.94 bits per heavy atom. The third-order valence-electron chi connectivity index (χ3n) is 5.16. The van der Waals surface area contributed by atoms with Gasteiger partial charge >= 0.3 is 5.97 Å². The summed E-state index contributed by atoms with van der Waals surface area (Å²) >= 11 is 0. The summed E-state index contributed by atoms with van der Waals surface area (Å²) in [6, 6.07) is 8.38. The van der Waals surface area contributed by atoms with Gasteiger partial charge in [-0.2, -0.15) is 0 Å². The molecule has 33 heavy (non-hydrogen) atoms. The number of carbonyl (C=O) groups is 1. The fourth-order valence-electron chi connectivity index (χ4n) is 3.77. The number of aliphatic hydroxyl groups excluding tert-OH is 1. The van der Waals surface area contributed by atoms with E-state index in [4.69, 9.17) is 0 Å². The van der Waals surface area contributed by atoms with Crippen LogP contribution in [0, 0.1) is 11.8 Å². The molecule has 0 fully saturated rings. The van der Waals surface area contributed by atoms with Crippen LogP contribution in [-0.2, 0) is 17.5 Å². The summed E-state index contributed by atoms with van der Waals surface area (Å²) in [6.45, 7) is 9.03. The van der Waals surface area contributed by atoms with Crippen LogP contribution in [0.25, 0.3) is 11.3 Å². The Morgan fingerprint density at radius 1 is 1.24 bits per heavy atom. The Hall–Kier alpha value is -2.57. The van der Waals surface area contributed by atoms with E-state index in [2.05, 4.69) is 16.8 Å². The van der Waals surface area contributed by atoms with E-state index in [-0.39, 0.29) is 18.3 Å². The number of nitrogens with zero attached hydrogens (tertiary/aromatic N) is 2. The van der Waals surface area contributed by atoms with Crippen LogP contribution in [-0.4, -0.2) is 51.7 Å². The lowest BCUT2D eigenvalue weighted by molar-refractivity contribution is 0.0690. The van der Waals surface area contributed by atoms with Gasteiger partial charge in [0.15, 0.2) is 0 Å². The number of benzene rings is 1. The molecule has 0 radical (unpaired) electrons. The molecule has 176 valence electrons. The largest absolute Gasteiger partial charge is 0.477 e. The van der Waals surface area contributed by atoms with Crippen LogP contribution in [0.3, 0.4) is 0 Å². The number of rotatable bonds is 5. The molecule has 3 N–H and O–H groups in total. The molecule has 0 saturated heterocycles. The molecule has 0 aliphatic carbocycles. The lowest BCUT2D eigenvalue weighted by Gasteiger charge is -2.30. The van der Waals surface area contributed by atoms with Crippen LogP contribution in [0.5, 0.6) is 0 Å². The van der Waals surface area contributed by atoms with Gasteiger partial charge in [-0.3, -0.25) is 0 Å². The lowest BCUT2D eigenvalue weighted by atomic mass is 9.95. The van der Waals surface area contributed by atoms with E-state index in [1.807, 2.05) is 31.1 Å². The monoisotopic (exact) mass is 470 g/mol. The van der Waals surface area contributed by atoms with Gasteiger partial charge in [-0.25, -0.2) is 18.3 Å². The van der Waals surface area contributed by atoms with E-state index in [1.165, 1.54) is 6.07 Å². The first-order valence-electron chi connectivity index (χ1n) is 10.7. The maximum absolute atomic E-state index is 13.3. The average Bonchev–Trinajstić information content (AvgIpc) is 3.08. The van der Waals surface area contributed by atoms with E-state index in [9.17, 15) is 24.3 Å². The third-order valence-corrected chi connectivity index (χ3v) is 7.02. The van der Waals surface area contributed by atoms with E-state index >= 15 is 0 Å². The molecule has 1 aliphatic rings. The number of pyridine rings is 1. The topological polar surface area (TPSA) is 111 Å². The lowest BCUT2D eigenvalue weighted by Crippen LogP contribution is -2.36. The summed E-state index contributed by atoms with van der Waals surface area (Å²) in [5.41, 5.74) is 2.07. The molecule has 0 spiro atoms. The van der Waals surface area contributed by atoms with Gasteiger partial charge in [-0.05, 0) is 64.8 Å². The van der Waals surface area contributed by atoms with Crippen molar-refractivity contribution in [2.75, 3.05) is 6.61 Å². The normalized spacial score (nSPS) is 17.2. The minimum Gasteiger partial charge on any atom is -0.477 e. The van der Waals surface area contributed by atoms with Gasteiger partial charge in [0.25, 0.3) is 0 Å². The van der Waals surface area contributed by atoms with Gasteiger partial charge in [0.05, 0.1) is 16.5 Å². The third kappa shape index (κ3) is 5.68. The maximum atomic E-state index is 13.3. The van der Waals surface area contributed by atoms with Gasteiger partial charge in [-0.1, -0.05) is 24.0 Å². The molecule has 8 heteroatoms. The highest BCUT2D eigenvalue weighted by Crippen LogP contribution is 2.44. The zero-order chi connectivity index (χ0) is 24.6. The molecule has 0 amide bonds. The zero-order valence-corrected chi connectivity index (χ0v) is 20.4. The zero-order valence-electron chi connectivity index (χ0n) is 19.5. The summed E-state index contributed by atoms with van der Waals surface area (Å²) in [4.78, 5) is 16.3. The van der Waals surface area contributed by atoms with Gasteiger partial charge in [-0.15, -0.1) is 0 Å². The van der Waals surface area contributed by atoms with Crippen molar-refractivity contribution in [2.45, 2.75) is 64.0 Å². The van der Waals surface area contributed by atoms with Crippen molar-refractivity contribution in [2.24, 2.45) is 0 Å². The number of fused-ring (bicyclic) bond motifs is 1. The molecule has 0 bridgehead atoms. The van der Waals surface area contributed by atoms with Crippen molar-refractivity contribution in [3.8, 4) is 23.1 Å². The summed E-state index contributed by atoms with van der Waals surface area (Å²) in [5.74, 6) is 4.57. The predicted octanol–water partition coefficient (Wildman–Crippen LogP) is 3.27. The highest BCUT2D eigenvalue weighted by Gasteiger charge is 2.40. The van der Waals surface area contributed by atoms with Crippen LogP contribution in [0.1, 0.15) is 74.3 Å². The van der Waals surface area contributed by atoms with Crippen molar-refractivity contribution in [1.82, 2.24) is 9.29 Å². The van der Waals surface area contributed by atoms with Crippen LogP contribution < -0.4 is 0 Å². The second kappa shape index (κ2) is 9.35. The van der Waals surface area contributed by atoms with Crippen LogP contribution in [0.2, 0.25) is 0 Å². The van der Waals surface area contributed by atoms with Crippen molar-refractivity contribution < 1.29 is 24.3 Å². The quantitative estimate of drug-likeness (QED) is 0.579. The van der Waals surface area contributed by atoms with Crippen LogP contribution >= 0.6 is 0 Å². The molecule has 1 unspecified atom stereocenters. The Morgan fingerprint density at radius 3 is 2.52 bits per heavy atom. The van der Waals surface area contributed by atoms with Crippen molar-refractivity contribution in [3.05, 3.63) is 52.7 Å². The second-order valence-electron chi connectivity index (χ2n) is 9.59. The highest BCUT2D eigenvalue weighted by molar-refractivity contribution is 7.84. The number of hydrogen-bond donors (Lipinski definition) is 3. The van der Waals surface area contributed by atoms with Crippen LogP contribution in [0.4, 0.5) is 0 Å². The summed E-state index contributed by atoms with van der Waals surface area (Å²) in [5, 5.41) is 29.4. The first-order chi connectivity index (χ1) is 15.3. The standard InChI is InChI=1S/C25H30N2O5S/c1-24(2,3)33(32)27-15-18-14-19(23(29)30)26-22(21(18)20(27)10-12-28)17-8-6-7-16(13-17)9-11-25(4,5)31/h6-8,13-14,20,28,31H,10,12,15H2,1-5H3,(H,29,30)/t20-,33?/m0/s1. The number of hydrogen-bond acceptors (Lipinski definition) is 5. The van der Waals surface area contributed by atoms with E-state index < -0.39 is 27.3 Å². The summed E-state index contributed by atoms with van der Waals surface area (Å²) < 4.78 is 14.6. The average molecular weight is 471 g/mol. The number of aromatic nitrogens is 1. The van der Waals surface area contributed by atoms with Gasteiger partial charge in [0.1, 0.15) is 22.3 Å². The molecule has 2 atom stereocenters. The Labute approximate surface area is 197 Å². The second-order valence-corrected chi connectivity index (χ2v) is 11.8. The minimum absolute atomic E-state index is 0.0946. The highest BCUT2D eigenvalue weighted by atomic mass is 32.2. The Kier molecular flexibility index (Phi) is 7.10. The smallest absolute Gasteiger partial charge is 0.354 e. The number of carboxylic acids is 1. The molecule has 2 heterocycles. The number of aliphatic hydroxyl groups is 2. The Balaban J connectivity index is 2.20. The summed E-state index contributed by atoms with van der Waals surface area (Å²) in [6.07, 6.45) is 0.341. The first-order valence-corrected chi connectivity index (χ1v) is 11.8. The predicted molar refractivity (Wildman–Crippen MR) is 128 cm³/mol. The molecular formula is C25H30N2O5S. The summed E-state index contributed by atoms with van der Waals surface area (Å²) in [7, 11) is -1.37. The van der Waals surface area contributed by atoms with Crippen LogP contribution in [0.15, 0.2) is 30.3 Å². The molecule has 7 nitrogen and oxygen atoms in total. The Bertz CT molecular complexity index is 1150. The fraction of sp³-hybridized carbons (Fsp3) is 0.440. The molecule has 1 aliphatic heterocycles. The molecule has 0 saturated carbocycles. The van der Waals surface area contributed by atoms with Crippen molar-refractivity contribution in [1.29, 1.82) is 0 Å². The van der Waals surface area contributed by atoms with Gasteiger partial charge in [0, 0.05) is 29.8 Å².